The van der Waals surface area contributed by atoms with E-state index in [4.69, 9.17) is 5.73 Å². The summed E-state index contributed by atoms with van der Waals surface area (Å²) >= 11 is 3.34. The lowest BCUT2D eigenvalue weighted by molar-refractivity contribution is 0.0967. The second-order valence-electron chi connectivity index (χ2n) is 3.11. The summed E-state index contributed by atoms with van der Waals surface area (Å²) in [4.78, 5) is 11.5. The predicted molar refractivity (Wildman–Crippen MR) is 56.9 cm³/mol. The fraction of sp³-hybridized carbons (Fsp3) is 0.300. The predicted octanol–water partition coefficient (Wildman–Crippen LogP) is 2.29. The van der Waals surface area contributed by atoms with Crippen molar-refractivity contribution in [3.8, 4) is 0 Å². The summed E-state index contributed by atoms with van der Waals surface area (Å²) in [7, 11) is 0. The molecular weight excluding hydrogens is 230 g/mol. The molecule has 0 aliphatic rings. The lowest BCUT2D eigenvalue weighted by Crippen LogP contribution is -2.27. The van der Waals surface area contributed by atoms with Crippen molar-refractivity contribution in [2.75, 3.05) is 0 Å². The van der Waals surface area contributed by atoms with Gasteiger partial charge in [-0.05, 0) is 37.6 Å². The maximum absolute atomic E-state index is 11.5. The van der Waals surface area contributed by atoms with Gasteiger partial charge in [-0.1, -0.05) is 15.9 Å². The van der Waals surface area contributed by atoms with Crippen LogP contribution < -0.4 is 5.73 Å². The normalized spacial score (nSPS) is 12.6. The number of benzene rings is 1. The third-order valence-corrected chi connectivity index (χ3v) is 2.36. The maximum Gasteiger partial charge on any atom is 0.179 e. The smallest absolute Gasteiger partial charge is 0.179 e. The number of hydrogen-bond acceptors (Lipinski definition) is 2. The third kappa shape index (κ3) is 2.39. The number of aryl methyl sites for hydroxylation is 1. The molecule has 0 saturated carbocycles. The molecule has 2 N–H and O–H groups in total. The van der Waals surface area contributed by atoms with E-state index in [0.29, 0.717) is 5.56 Å². The van der Waals surface area contributed by atoms with E-state index >= 15 is 0 Å². The van der Waals surface area contributed by atoms with Crippen LogP contribution in [0.5, 0.6) is 0 Å². The van der Waals surface area contributed by atoms with Gasteiger partial charge in [0.2, 0.25) is 0 Å². The molecule has 0 aliphatic heterocycles. The minimum Gasteiger partial charge on any atom is -0.321 e. The van der Waals surface area contributed by atoms with Crippen molar-refractivity contribution in [1.29, 1.82) is 0 Å². The number of halogens is 1. The van der Waals surface area contributed by atoms with Crippen molar-refractivity contribution in [2.45, 2.75) is 19.9 Å². The molecule has 1 rings (SSSR count). The van der Waals surface area contributed by atoms with Crippen molar-refractivity contribution in [3.05, 3.63) is 33.8 Å². The molecule has 0 spiro atoms. The number of carbonyl (C=O) groups excluding carboxylic acids is 1. The van der Waals surface area contributed by atoms with E-state index < -0.39 is 6.04 Å². The van der Waals surface area contributed by atoms with Gasteiger partial charge in [-0.25, -0.2) is 0 Å². The van der Waals surface area contributed by atoms with Crippen LogP contribution in [0.15, 0.2) is 22.7 Å². The molecule has 1 aromatic rings. The molecule has 0 saturated heterocycles. The monoisotopic (exact) mass is 241 g/mol. The summed E-state index contributed by atoms with van der Waals surface area (Å²) in [6.07, 6.45) is 0. The Morgan fingerprint density at radius 1 is 1.54 bits per heavy atom. The van der Waals surface area contributed by atoms with Gasteiger partial charge in [0.05, 0.1) is 6.04 Å². The molecule has 0 fully saturated rings. The molecule has 70 valence electrons. The Bertz CT molecular complexity index is 334. The molecule has 1 aromatic carbocycles. The zero-order chi connectivity index (χ0) is 10.0. The first-order chi connectivity index (χ1) is 6.02. The van der Waals surface area contributed by atoms with Crippen LogP contribution in [-0.2, 0) is 0 Å². The summed E-state index contributed by atoms with van der Waals surface area (Å²) in [5.74, 6) is -0.00926. The average molecular weight is 242 g/mol. The SMILES string of the molecule is Cc1cc(Br)ccc1C(=O)C(C)N. The Balaban J connectivity index is 3.09. The van der Waals surface area contributed by atoms with Crippen LogP contribution in [0.3, 0.4) is 0 Å². The number of ketones is 1. The minimum atomic E-state index is -0.431. The van der Waals surface area contributed by atoms with Crippen LogP contribution in [-0.4, -0.2) is 11.8 Å². The largest absolute Gasteiger partial charge is 0.321 e. The fourth-order valence-corrected chi connectivity index (χ4v) is 1.62. The van der Waals surface area contributed by atoms with Gasteiger partial charge in [0.1, 0.15) is 0 Å². The third-order valence-electron chi connectivity index (χ3n) is 1.87. The molecule has 13 heavy (non-hydrogen) atoms. The number of nitrogens with two attached hydrogens (primary N) is 1. The molecule has 1 unspecified atom stereocenters. The number of rotatable bonds is 2. The van der Waals surface area contributed by atoms with Crippen molar-refractivity contribution < 1.29 is 4.79 Å². The van der Waals surface area contributed by atoms with Crippen LogP contribution in [0.2, 0.25) is 0 Å². The van der Waals surface area contributed by atoms with E-state index in [1.165, 1.54) is 0 Å². The van der Waals surface area contributed by atoms with Crippen molar-refractivity contribution in [3.63, 3.8) is 0 Å². The molecule has 3 heteroatoms. The Labute approximate surface area is 86.3 Å². The molecule has 0 bridgehead atoms. The standard InChI is InChI=1S/C10H12BrNO/c1-6-5-8(11)3-4-9(6)10(13)7(2)12/h3-5,7H,12H2,1-2H3. The van der Waals surface area contributed by atoms with Gasteiger partial charge in [0.25, 0.3) is 0 Å². The van der Waals surface area contributed by atoms with Gasteiger partial charge >= 0.3 is 0 Å². The van der Waals surface area contributed by atoms with E-state index in [2.05, 4.69) is 15.9 Å². The molecular formula is C10H12BrNO. The van der Waals surface area contributed by atoms with Crippen molar-refractivity contribution in [1.82, 2.24) is 0 Å². The maximum atomic E-state index is 11.5. The van der Waals surface area contributed by atoms with Gasteiger partial charge in [0, 0.05) is 10.0 Å². The van der Waals surface area contributed by atoms with Gasteiger partial charge in [0.15, 0.2) is 5.78 Å². The summed E-state index contributed by atoms with van der Waals surface area (Å²) < 4.78 is 0.978. The Hall–Kier alpha value is -0.670. The summed E-state index contributed by atoms with van der Waals surface area (Å²) in [5.41, 5.74) is 7.18. The highest BCUT2D eigenvalue weighted by Crippen LogP contribution is 2.16. The zero-order valence-corrected chi connectivity index (χ0v) is 9.26. The lowest BCUT2D eigenvalue weighted by atomic mass is 10.0. The van der Waals surface area contributed by atoms with E-state index in [0.717, 1.165) is 10.0 Å². The van der Waals surface area contributed by atoms with E-state index in [9.17, 15) is 4.79 Å². The summed E-state index contributed by atoms with van der Waals surface area (Å²) in [5, 5.41) is 0. The molecule has 0 aromatic heterocycles. The highest BCUT2D eigenvalue weighted by atomic mass is 79.9. The van der Waals surface area contributed by atoms with Gasteiger partial charge < -0.3 is 5.73 Å². The van der Waals surface area contributed by atoms with Crippen LogP contribution in [0.1, 0.15) is 22.8 Å². The van der Waals surface area contributed by atoms with Crippen molar-refractivity contribution >= 4 is 21.7 Å². The number of carbonyl (C=O) groups is 1. The minimum absolute atomic E-state index is 0.00926. The quantitative estimate of drug-likeness (QED) is 0.808. The highest BCUT2D eigenvalue weighted by molar-refractivity contribution is 9.10. The topological polar surface area (TPSA) is 43.1 Å². The lowest BCUT2D eigenvalue weighted by Gasteiger charge is -2.07. The molecule has 2 nitrogen and oxygen atoms in total. The first-order valence-electron chi connectivity index (χ1n) is 4.08. The summed E-state index contributed by atoms with van der Waals surface area (Å²) in [6.45, 7) is 3.60. The molecule has 0 amide bonds. The number of Topliss-reactive ketones (excluding diaryl/α,β-unsaturated/α-hetero) is 1. The van der Waals surface area contributed by atoms with Gasteiger partial charge in [-0.15, -0.1) is 0 Å². The van der Waals surface area contributed by atoms with Crippen LogP contribution in [0.4, 0.5) is 0 Å². The van der Waals surface area contributed by atoms with Crippen LogP contribution >= 0.6 is 15.9 Å². The van der Waals surface area contributed by atoms with Crippen LogP contribution in [0.25, 0.3) is 0 Å². The first kappa shape index (κ1) is 10.4. The molecule has 0 heterocycles. The number of hydrogen-bond donors (Lipinski definition) is 1. The summed E-state index contributed by atoms with van der Waals surface area (Å²) in [6, 6.07) is 5.13. The molecule has 0 radical (unpaired) electrons. The average Bonchev–Trinajstić information content (AvgIpc) is 2.03. The fourth-order valence-electron chi connectivity index (χ4n) is 1.15. The Morgan fingerprint density at radius 3 is 2.62 bits per heavy atom. The van der Waals surface area contributed by atoms with Gasteiger partial charge in [-0.2, -0.15) is 0 Å². The Kier molecular flexibility index (Phi) is 3.22. The van der Waals surface area contributed by atoms with Crippen LogP contribution in [0, 0.1) is 6.92 Å². The van der Waals surface area contributed by atoms with E-state index in [1.54, 1.807) is 13.0 Å². The first-order valence-corrected chi connectivity index (χ1v) is 4.87. The Morgan fingerprint density at radius 2 is 2.15 bits per heavy atom. The van der Waals surface area contributed by atoms with E-state index in [1.807, 2.05) is 19.1 Å². The highest BCUT2D eigenvalue weighted by Gasteiger charge is 2.12. The molecule has 1 atom stereocenters. The van der Waals surface area contributed by atoms with Gasteiger partial charge in [-0.3, -0.25) is 4.79 Å². The second kappa shape index (κ2) is 4.03. The van der Waals surface area contributed by atoms with Crippen molar-refractivity contribution in [2.24, 2.45) is 5.73 Å². The second-order valence-corrected chi connectivity index (χ2v) is 4.03. The zero-order valence-electron chi connectivity index (χ0n) is 7.67. The van der Waals surface area contributed by atoms with E-state index in [-0.39, 0.29) is 5.78 Å². The molecule has 0 aliphatic carbocycles.